The van der Waals surface area contributed by atoms with E-state index in [2.05, 4.69) is 0 Å². The lowest BCUT2D eigenvalue weighted by molar-refractivity contribution is 0.0685. The van der Waals surface area contributed by atoms with Crippen LogP contribution in [0.1, 0.15) is 36.0 Å². The Morgan fingerprint density at radius 2 is 2.00 bits per heavy atom. The number of benzene rings is 1. The number of nitrogens with zero attached hydrogens (tertiary/aromatic N) is 1. The molecule has 1 aromatic carbocycles. The quantitative estimate of drug-likeness (QED) is 0.908. The molecular formula is C14H18ClFN2O. The maximum atomic E-state index is 13.7. The summed E-state index contributed by atoms with van der Waals surface area (Å²) < 4.78 is 13.7. The Balaban J connectivity index is 2.15. The molecule has 1 aliphatic rings. The first-order valence-electron chi connectivity index (χ1n) is 6.47. The zero-order valence-corrected chi connectivity index (χ0v) is 11.7. The predicted molar refractivity (Wildman–Crippen MR) is 73.7 cm³/mol. The smallest absolute Gasteiger partial charge is 0.258 e. The molecule has 3 nitrogen and oxygen atoms in total. The number of rotatable bonds is 2. The van der Waals surface area contributed by atoms with Gasteiger partial charge in [0.1, 0.15) is 5.82 Å². The highest BCUT2D eigenvalue weighted by atomic mass is 35.5. The second kappa shape index (κ2) is 5.88. The van der Waals surface area contributed by atoms with Gasteiger partial charge in [-0.1, -0.05) is 17.7 Å². The van der Waals surface area contributed by atoms with Gasteiger partial charge in [0.2, 0.25) is 0 Å². The molecule has 2 N–H and O–H groups in total. The minimum Gasteiger partial charge on any atom is -0.339 e. The summed E-state index contributed by atoms with van der Waals surface area (Å²) in [6, 6.07) is 4.61. The molecule has 1 saturated carbocycles. The molecule has 1 aliphatic carbocycles. The lowest BCUT2D eigenvalue weighted by Crippen LogP contribution is -2.42. The first-order valence-corrected chi connectivity index (χ1v) is 6.85. The van der Waals surface area contributed by atoms with Crippen LogP contribution in [0.2, 0.25) is 5.02 Å². The molecule has 0 bridgehead atoms. The highest BCUT2D eigenvalue weighted by Crippen LogP contribution is 2.25. The van der Waals surface area contributed by atoms with Crippen molar-refractivity contribution in [2.24, 2.45) is 5.73 Å². The Morgan fingerprint density at radius 1 is 1.37 bits per heavy atom. The standard InChI is InChI=1S/C14H18ClFN2O/c1-18(10-7-5-9(17)6-8-10)14(19)13-11(15)3-2-4-12(13)16/h2-4,9-10H,5-8,17H2,1H3. The third kappa shape index (κ3) is 3.07. The zero-order valence-electron chi connectivity index (χ0n) is 10.9. The van der Waals surface area contributed by atoms with Crippen LogP contribution in [0.3, 0.4) is 0 Å². The summed E-state index contributed by atoms with van der Waals surface area (Å²) in [6.45, 7) is 0. The molecule has 0 aliphatic heterocycles. The number of hydrogen-bond donors (Lipinski definition) is 1. The van der Waals surface area contributed by atoms with Gasteiger partial charge in [0.15, 0.2) is 0 Å². The van der Waals surface area contributed by atoms with Gasteiger partial charge < -0.3 is 10.6 Å². The molecule has 0 unspecified atom stereocenters. The van der Waals surface area contributed by atoms with Crippen LogP contribution in [0.25, 0.3) is 0 Å². The normalized spacial score (nSPS) is 23.2. The maximum Gasteiger partial charge on any atom is 0.258 e. The molecule has 0 heterocycles. The molecular weight excluding hydrogens is 267 g/mol. The SMILES string of the molecule is CN(C(=O)c1c(F)cccc1Cl)C1CCC(N)CC1. The molecule has 0 spiro atoms. The Hall–Kier alpha value is -1.13. The summed E-state index contributed by atoms with van der Waals surface area (Å²) in [4.78, 5) is 13.9. The van der Waals surface area contributed by atoms with Gasteiger partial charge in [-0.15, -0.1) is 0 Å². The van der Waals surface area contributed by atoms with Gasteiger partial charge >= 0.3 is 0 Å². The van der Waals surface area contributed by atoms with E-state index in [0.29, 0.717) is 0 Å². The highest BCUT2D eigenvalue weighted by molar-refractivity contribution is 6.33. The predicted octanol–water partition coefficient (Wildman–Crippen LogP) is 2.82. The molecule has 19 heavy (non-hydrogen) atoms. The molecule has 1 amide bonds. The van der Waals surface area contributed by atoms with Gasteiger partial charge in [-0.3, -0.25) is 4.79 Å². The Kier molecular flexibility index (Phi) is 4.42. The van der Waals surface area contributed by atoms with Crippen LogP contribution >= 0.6 is 11.6 Å². The number of hydrogen-bond acceptors (Lipinski definition) is 2. The summed E-state index contributed by atoms with van der Waals surface area (Å²) in [6.07, 6.45) is 3.51. The first-order chi connectivity index (χ1) is 9.00. The third-order valence-corrected chi connectivity index (χ3v) is 4.10. The van der Waals surface area contributed by atoms with Gasteiger partial charge in [-0.2, -0.15) is 0 Å². The van der Waals surface area contributed by atoms with E-state index >= 15 is 0 Å². The van der Waals surface area contributed by atoms with Gasteiger partial charge in [0.05, 0.1) is 10.6 Å². The number of carbonyl (C=O) groups is 1. The Labute approximate surface area is 117 Å². The fourth-order valence-electron chi connectivity index (χ4n) is 2.53. The fraction of sp³-hybridized carbons (Fsp3) is 0.500. The summed E-state index contributed by atoms with van der Waals surface area (Å²) in [5, 5.41) is 0.157. The second-order valence-corrected chi connectivity index (χ2v) is 5.49. The Morgan fingerprint density at radius 3 is 2.58 bits per heavy atom. The summed E-state index contributed by atoms with van der Waals surface area (Å²) in [5.41, 5.74) is 5.81. The molecule has 0 atom stereocenters. The van der Waals surface area contributed by atoms with E-state index in [-0.39, 0.29) is 28.6 Å². The van der Waals surface area contributed by atoms with Crippen molar-refractivity contribution in [1.82, 2.24) is 4.90 Å². The molecule has 104 valence electrons. The van der Waals surface area contributed by atoms with E-state index in [1.54, 1.807) is 11.9 Å². The number of halogens is 2. The maximum absolute atomic E-state index is 13.7. The van der Waals surface area contributed by atoms with Crippen molar-refractivity contribution in [1.29, 1.82) is 0 Å². The van der Waals surface area contributed by atoms with Gasteiger partial charge in [-0.05, 0) is 37.8 Å². The van der Waals surface area contributed by atoms with Gasteiger partial charge in [0, 0.05) is 19.1 Å². The summed E-state index contributed by atoms with van der Waals surface area (Å²) >= 11 is 5.92. The molecule has 5 heteroatoms. The van der Waals surface area contributed by atoms with E-state index in [9.17, 15) is 9.18 Å². The second-order valence-electron chi connectivity index (χ2n) is 5.08. The zero-order chi connectivity index (χ0) is 14.0. The van der Waals surface area contributed by atoms with Crippen molar-refractivity contribution in [2.75, 3.05) is 7.05 Å². The van der Waals surface area contributed by atoms with Crippen LogP contribution in [0.4, 0.5) is 4.39 Å². The molecule has 1 aromatic rings. The highest BCUT2D eigenvalue weighted by Gasteiger charge is 2.28. The van der Waals surface area contributed by atoms with Crippen LogP contribution in [-0.2, 0) is 0 Å². The van der Waals surface area contributed by atoms with E-state index in [0.717, 1.165) is 25.7 Å². The first kappa shape index (κ1) is 14.3. The van der Waals surface area contributed by atoms with Crippen molar-refractivity contribution >= 4 is 17.5 Å². The van der Waals surface area contributed by atoms with E-state index < -0.39 is 5.82 Å². The van der Waals surface area contributed by atoms with Crippen molar-refractivity contribution < 1.29 is 9.18 Å². The van der Waals surface area contributed by atoms with Crippen LogP contribution in [-0.4, -0.2) is 29.9 Å². The minimum absolute atomic E-state index is 0.0402. The number of carbonyl (C=O) groups excluding carboxylic acids is 1. The van der Waals surface area contributed by atoms with Crippen molar-refractivity contribution in [3.8, 4) is 0 Å². The van der Waals surface area contributed by atoms with Crippen molar-refractivity contribution in [2.45, 2.75) is 37.8 Å². The lowest BCUT2D eigenvalue weighted by atomic mass is 9.90. The third-order valence-electron chi connectivity index (χ3n) is 3.79. The lowest BCUT2D eigenvalue weighted by Gasteiger charge is -2.33. The fourth-order valence-corrected chi connectivity index (χ4v) is 2.78. The molecule has 1 fully saturated rings. The Bertz CT molecular complexity index is 452. The average Bonchev–Trinajstić information content (AvgIpc) is 2.38. The number of amides is 1. The molecule has 0 radical (unpaired) electrons. The average molecular weight is 285 g/mol. The van der Waals surface area contributed by atoms with Crippen molar-refractivity contribution in [3.63, 3.8) is 0 Å². The van der Waals surface area contributed by atoms with Gasteiger partial charge in [-0.25, -0.2) is 4.39 Å². The van der Waals surface area contributed by atoms with Gasteiger partial charge in [0.25, 0.3) is 5.91 Å². The van der Waals surface area contributed by atoms with Crippen LogP contribution in [0, 0.1) is 5.82 Å². The van der Waals surface area contributed by atoms with E-state index in [1.807, 2.05) is 0 Å². The molecule has 2 rings (SSSR count). The molecule has 0 aromatic heterocycles. The largest absolute Gasteiger partial charge is 0.339 e. The van der Waals surface area contributed by atoms with E-state index in [4.69, 9.17) is 17.3 Å². The van der Waals surface area contributed by atoms with Crippen molar-refractivity contribution in [3.05, 3.63) is 34.6 Å². The van der Waals surface area contributed by atoms with Crippen LogP contribution in [0.5, 0.6) is 0 Å². The monoisotopic (exact) mass is 284 g/mol. The van der Waals surface area contributed by atoms with Crippen LogP contribution < -0.4 is 5.73 Å². The molecule has 0 saturated heterocycles. The summed E-state index contributed by atoms with van der Waals surface area (Å²) in [7, 11) is 1.70. The minimum atomic E-state index is -0.572. The van der Waals surface area contributed by atoms with E-state index in [1.165, 1.54) is 18.2 Å². The van der Waals surface area contributed by atoms with Crippen LogP contribution in [0.15, 0.2) is 18.2 Å². The summed E-state index contributed by atoms with van der Waals surface area (Å²) in [5.74, 6) is -0.930. The number of nitrogens with two attached hydrogens (primary N) is 1. The topological polar surface area (TPSA) is 46.3 Å².